The van der Waals surface area contributed by atoms with E-state index >= 15 is 0 Å². The van der Waals surface area contributed by atoms with Gasteiger partial charge in [0.2, 0.25) is 0 Å². The van der Waals surface area contributed by atoms with Gasteiger partial charge in [0, 0.05) is 17.6 Å². The fraction of sp³-hybridized carbons (Fsp3) is 0.625. The molecule has 0 amide bonds. The van der Waals surface area contributed by atoms with Crippen LogP contribution in [0.3, 0.4) is 0 Å². The summed E-state index contributed by atoms with van der Waals surface area (Å²) in [5.74, 6) is 0.609. The summed E-state index contributed by atoms with van der Waals surface area (Å²) in [6, 6.07) is 0.623. The van der Waals surface area contributed by atoms with Gasteiger partial charge in [-0.05, 0) is 12.8 Å². The van der Waals surface area contributed by atoms with E-state index in [0.717, 1.165) is 4.48 Å². The van der Waals surface area contributed by atoms with Crippen LogP contribution in [0, 0.1) is 0 Å². The van der Waals surface area contributed by atoms with E-state index in [0.29, 0.717) is 18.5 Å². The molecule has 4 heteroatoms. The molecule has 0 aromatic rings. The molecule has 0 aromatic carbocycles. The Balaban J connectivity index is 2.38. The number of hydrogen-bond acceptors (Lipinski definition) is 1. The molecule has 3 nitrogen and oxygen atoms in total. The number of nitrogens with two attached hydrogens (primary N) is 1. The summed E-state index contributed by atoms with van der Waals surface area (Å²) in [5.41, 5.74) is 5.72. The predicted octanol–water partition coefficient (Wildman–Crippen LogP) is 1.30. The number of rotatable bonds is 3. The van der Waals surface area contributed by atoms with Crippen LogP contribution in [0.15, 0.2) is 16.1 Å². The average molecular weight is 232 g/mol. The summed E-state index contributed by atoms with van der Waals surface area (Å²) in [4.78, 5) is 6.18. The maximum atomic E-state index is 5.72. The van der Waals surface area contributed by atoms with E-state index in [2.05, 4.69) is 27.5 Å². The Morgan fingerprint density at radius 1 is 1.75 bits per heavy atom. The van der Waals surface area contributed by atoms with Crippen LogP contribution < -0.4 is 5.73 Å². The highest BCUT2D eigenvalue weighted by Gasteiger charge is 2.27. The zero-order chi connectivity index (χ0) is 9.14. The second-order valence-corrected chi connectivity index (χ2v) is 4.16. The van der Waals surface area contributed by atoms with Crippen molar-refractivity contribution in [3.63, 3.8) is 0 Å². The lowest BCUT2D eigenvalue weighted by Gasteiger charge is -2.16. The molecule has 1 saturated carbocycles. The molecule has 1 aliphatic carbocycles. The lowest BCUT2D eigenvalue weighted by Crippen LogP contribution is -2.35. The first kappa shape index (κ1) is 9.58. The van der Waals surface area contributed by atoms with Crippen molar-refractivity contribution in [2.75, 3.05) is 13.6 Å². The Morgan fingerprint density at radius 3 is 2.75 bits per heavy atom. The van der Waals surface area contributed by atoms with E-state index < -0.39 is 0 Å². The summed E-state index contributed by atoms with van der Waals surface area (Å²) in [6.07, 6.45) is 2.48. The summed E-state index contributed by atoms with van der Waals surface area (Å²) in [5, 5.41) is 0. The molecule has 12 heavy (non-hydrogen) atoms. The Labute approximate surface area is 81.5 Å². The van der Waals surface area contributed by atoms with Crippen LogP contribution in [-0.4, -0.2) is 30.5 Å². The molecule has 0 aliphatic heterocycles. The zero-order valence-corrected chi connectivity index (χ0v) is 8.84. The van der Waals surface area contributed by atoms with Crippen LogP contribution >= 0.6 is 15.9 Å². The van der Waals surface area contributed by atoms with Gasteiger partial charge in [0.25, 0.3) is 0 Å². The molecule has 1 rings (SSSR count). The number of aliphatic imine (C=N–C) groups is 1. The third kappa shape index (κ3) is 2.85. The van der Waals surface area contributed by atoms with Crippen molar-refractivity contribution < 1.29 is 0 Å². The molecular formula is C8H14BrN3. The Morgan fingerprint density at radius 2 is 2.33 bits per heavy atom. The fourth-order valence-corrected chi connectivity index (χ4v) is 1.05. The molecule has 0 heterocycles. The first-order valence-electron chi connectivity index (χ1n) is 3.97. The van der Waals surface area contributed by atoms with Gasteiger partial charge in [-0.1, -0.05) is 22.5 Å². The van der Waals surface area contributed by atoms with E-state index in [1.165, 1.54) is 12.8 Å². The number of nitrogens with zero attached hydrogens (tertiary/aromatic N) is 2. The topological polar surface area (TPSA) is 41.6 Å². The van der Waals surface area contributed by atoms with Crippen molar-refractivity contribution >= 4 is 21.9 Å². The molecule has 0 spiro atoms. The van der Waals surface area contributed by atoms with Gasteiger partial charge in [0.15, 0.2) is 5.96 Å². The van der Waals surface area contributed by atoms with Crippen LogP contribution in [0.25, 0.3) is 0 Å². The third-order valence-corrected chi connectivity index (χ3v) is 2.12. The Bertz CT molecular complexity index is 208. The quantitative estimate of drug-likeness (QED) is 0.588. The van der Waals surface area contributed by atoms with E-state index in [9.17, 15) is 0 Å². The van der Waals surface area contributed by atoms with Crippen molar-refractivity contribution in [2.45, 2.75) is 18.9 Å². The van der Waals surface area contributed by atoms with Gasteiger partial charge < -0.3 is 10.6 Å². The zero-order valence-electron chi connectivity index (χ0n) is 7.26. The molecule has 0 unspecified atom stereocenters. The van der Waals surface area contributed by atoms with E-state index in [1.54, 1.807) is 0 Å². The molecule has 0 radical (unpaired) electrons. The van der Waals surface area contributed by atoms with Gasteiger partial charge in [0.1, 0.15) is 0 Å². The third-order valence-electron chi connectivity index (χ3n) is 1.87. The minimum Gasteiger partial charge on any atom is -0.370 e. The minimum absolute atomic E-state index is 0.558. The molecule has 68 valence electrons. The predicted molar refractivity (Wildman–Crippen MR) is 55.3 cm³/mol. The summed E-state index contributed by atoms with van der Waals surface area (Å²) >= 11 is 3.23. The first-order chi connectivity index (χ1) is 5.61. The lowest BCUT2D eigenvalue weighted by atomic mass is 10.6. The van der Waals surface area contributed by atoms with Gasteiger partial charge in [0.05, 0.1) is 6.54 Å². The molecule has 1 fully saturated rings. The van der Waals surface area contributed by atoms with Gasteiger partial charge >= 0.3 is 0 Å². The maximum Gasteiger partial charge on any atom is 0.191 e. The smallest absolute Gasteiger partial charge is 0.191 e. The molecule has 0 aromatic heterocycles. The van der Waals surface area contributed by atoms with Crippen LogP contribution in [0.4, 0.5) is 0 Å². The van der Waals surface area contributed by atoms with Gasteiger partial charge in [-0.2, -0.15) is 0 Å². The molecule has 2 N–H and O–H groups in total. The molecule has 0 bridgehead atoms. The largest absolute Gasteiger partial charge is 0.370 e. The second kappa shape index (κ2) is 3.94. The van der Waals surface area contributed by atoms with Crippen LogP contribution in [0.1, 0.15) is 12.8 Å². The minimum atomic E-state index is 0.558. The van der Waals surface area contributed by atoms with Gasteiger partial charge in [-0.25, -0.2) is 4.99 Å². The van der Waals surface area contributed by atoms with Crippen molar-refractivity contribution in [1.29, 1.82) is 0 Å². The maximum absolute atomic E-state index is 5.72. The lowest BCUT2D eigenvalue weighted by molar-refractivity contribution is 0.488. The van der Waals surface area contributed by atoms with Crippen molar-refractivity contribution in [3.8, 4) is 0 Å². The van der Waals surface area contributed by atoms with Crippen LogP contribution in [0.2, 0.25) is 0 Å². The van der Waals surface area contributed by atoms with Crippen molar-refractivity contribution in [3.05, 3.63) is 11.1 Å². The summed E-state index contributed by atoms with van der Waals surface area (Å²) in [7, 11) is 1.98. The van der Waals surface area contributed by atoms with E-state index in [1.807, 2.05) is 11.9 Å². The monoisotopic (exact) mass is 231 g/mol. The van der Waals surface area contributed by atoms with Gasteiger partial charge in [-0.3, -0.25) is 0 Å². The molecular weight excluding hydrogens is 218 g/mol. The van der Waals surface area contributed by atoms with Crippen LogP contribution in [-0.2, 0) is 0 Å². The Kier molecular flexibility index (Phi) is 3.14. The molecule has 0 atom stereocenters. The van der Waals surface area contributed by atoms with E-state index in [-0.39, 0.29) is 0 Å². The van der Waals surface area contributed by atoms with E-state index in [4.69, 9.17) is 5.73 Å². The van der Waals surface area contributed by atoms with Crippen molar-refractivity contribution in [1.82, 2.24) is 4.90 Å². The highest BCUT2D eigenvalue weighted by Crippen LogP contribution is 2.24. The highest BCUT2D eigenvalue weighted by atomic mass is 79.9. The molecule has 1 aliphatic rings. The number of hydrogen-bond donors (Lipinski definition) is 1. The standard InChI is InChI=1S/C8H14BrN3/c1-6(9)5-11-8(10)12(2)7-3-4-7/h7H,1,3-5H2,2H3,(H2,10,11). The fourth-order valence-electron chi connectivity index (χ4n) is 0.927. The SMILES string of the molecule is C=C(Br)CN=C(N)N(C)C1CC1. The van der Waals surface area contributed by atoms with Crippen molar-refractivity contribution in [2.24, 2.45) is 10.7 Å². The highest BCUT2D eigenvalue weighted by molar-refractivity contribution is 9.11. The summed E-state index contributed by atoms with van der Waals surface area (Å²) < 4.78 is 0.856. The van der Waals surface area contributed by atoms with Crippen LogP contribution in [0.5, 0.6) is 0 Å². The first-order valence-corrected chi connectivity index (χ1v) is 4.76. The normalized spacial score (nSPS) is 17.7. The second-order valence-electron chi connectivity index (χ2n) is 3.03. The number of halogens is 1. The Hall–Kier alpha value is -0.510. The summed E-state index contributed by atoms with van der Waals surface area (Å²) in [6.45, 7) is 4.24. The molecule has 0 saturated heterocycles. The number of guanidine groups is 1. The average Bonchev–Trinajstić information content (AvgIpc) is 2.80. The van der Waals surface area contributed by atoms with Gasteiger partial charge in [-0.15, -0.1) is 0 Å².